The summed E-state index contributed by atoms with van der Waals surface area (Å²) in [5, 5.41) is 0.137. The molecular formula is C14H16ClF. The van der Waals surface area contributed by atoms with E-state index in [-0.39, 0.29) is 5.02 Å². The SMILES string of the molecule is CCCCCCC#Cc1ccc(F)c(Cl)c1. The third kappa shape index (κ3) is 4.68. The van der Waals surface area contributed by atoms with Crippen molar-refractivity contribution >= 4 is 11.6 Å². The molecular weight excluding hydrogens is 223 g/mol. The van der Waals surface area contributed by atoms with Gasteiger partial charge in [-0.2, -0.15) is 0 Å². The van der Waals surface area contributed by atoms with Crippen LogP contribution in [-0.4, -0.2) is 0 Å². The van der Waals surface area contributed by atoms with E-state index in [2.05, 4.69) is 18.8 Å². The summed E-state index contributed by atoms with van der Waals surface area (Å²) in [6, 6.07) is 4.57. The van der Waals surface area contributed by atoms with Gasteiger partial charge in [-0.3, -0.25) is 0 Å². The largest absolute Gasteiger partial charge is 0.205 e. The van der Waals surface area contributed by atoms with Crippen LogP contribution in [0.25, 0.3) is 0 Å². The molecule has 0 aliphatic carbocycles. The molecule has 0 aliphatic rings. The maximum atomic E-state index is 12.8. The number of benzene rings is 1. The lowest BCUT2D eigenvalue weighted by atomic mass is 10.1. The van der Waals surface area contributed by atoms with Crippen LogP contribution in [0.5, 0.6) is 0 Å². The molecule has 0 bridgehead atoms. The highest BCUT2D eigenvalue weighted by Crippen LogP contribution is 2.15. The van der Waals surface area contributed by atoms with E-state index in [1.54, 1.807) is 12.1 Å². The van der Waals surface area contributed by atoms with Crippen LogP contribution >= 0.6 is 11.6 Å². The van der Waals surface area contributed by atoms with Crippen molar-refractivity contribution in [1.29, 1.82) is 0 Å². The Balaban J connectivity index is 2.41. The van der Waals surface area contributed by atoms with Crippen molar-refractivity contribution in [3.63, 3.8) is 0 Å². The van der Waals surface area contributed by atoms with E-state index < -0.39 is 5.82 Å². The second-order valence-corrected chi connectivity index (χ2v) is 4.15. The Morgan fingerprint density at radius 3 is 2.75 bits per heavy atom. The predicted molar refractivity (Wildman–Crippen MR) is 67.0 cm³/mol. The minimum atomic E-state index is -0.393. The normalized spacial score (nSPS) is 9.69. The Labute approximate surface area is 102 Å². The highest BCUT2D eigenvalue weighted by molar-refractivity contribution is 6.30. The van der Waals surface area contributed by atoms with Crippen LogP contribution in [0.2, 0.25) is 5.02 Å². The Morgan fingerprint density at radius 1 is 1.25 bits per heavy atom. The third-order valence-corrected chi connectivity index (χ3v) is 2.60. The fraction of sp³-hybridized carbons (Fsp3) is 0.429. The lowest BCUT2D eigenvalue weighted by Crippen LogP contribution is -1.79. The topological polar surface area (TPSA) is 0 Å². The molecule has 2 heteroatoms. The van der Waals surface area contributed by atoms with Gasteiger partial charge in [0.05, 0.1) is 5.02 Å². The van der Waals surface area contributed by atoms with E-state index in [9.17, 15) is 4.39 Å². The summed E-state index contributed by atoms with van der Waals surface area (Å²) in [5.41, 5.74) is 0.780. The molecule has 0 saturated carbocycles. The first-order valence-electron chi connectivity index (χ1n) is 5.68. The van der Waals surface area contributed by atoms with Gasteiger partial charge in [0.2, 0.25) is 0 Å². The molecule has 1 aromatic carbocycles. The van der Waals surface area contributed by atoms with Gasteiger partial charge in [-0.15, -0.1) is 0 Å². The van der Waals surface area contributed by atoms with Gasteiger partial charge < -0.3 is 0 Å². The molecule has 0 nitrogen and oxygen atoms in total. The van der Waals surface area contributed by atoms with Crippen LogP contribution in [0, 0.1) is 17.7 Å². The molecule has 0 radical (unpaired) electrons. The Bertz CT molecular complexity index is 387. The van der Waals surface area contributed by atoms with Crippen molar-refractivity contribution in [2.24, 2.45) is 0 Å². The van der Waals surface area contributed by atoms with Crippen molar-refractivity contribution in [2.75, 3.05) is 0 Å². The summed E-state index contributed by atoms with van der Waals surface area (Å²) in [7, 11) is 0. The standard InChI is InChI=1S/C14H16ClF/c1-2-3-4-5-6-7-8-12-9-10-14(16)13(15)11-12/h9-11H,2-6H2,1H3. The van der Waals surface area contributed by atoms with E-state index >= 15 is 0 Å². The molecule has 1 aromatic rings. The van der Waals surface area contributed by atoms with Gasteiger partial charge in [0.25, 0.3) is 0 Å². The van der Waals surface area contributed by atoms with Crippen LogP contribution in [-0.2, 0) is 0 Å². The summed E-state index contributed by atoms with van der Waals surface area (Å²) in [4.78, 5) is 0. The van der Waals surface area contributed by atoms with Crippen molar-refractivity contribution in [2.45, 2.75) is 39.0 Å². The molecule has 0 aliphatic heterocycles. The zero-order valence-electron chi connectivity index (χ0n) is 9.52. The molecule has 16 heavy (non-hydrogen) atoms. The fourth-order valence-corrected chi connectivity index (χ4v) is 1.56. The molecule has 1 rings (SSSR count). The molecule has 0 unspecified atom stereocenters. The van der Waals surface area contributed by atoms with Crippen LogP contribution < -0.4 is 0 Å². The van der Waals surface area contributed by atoms with E-state index in [4.69, 9.17) is 11.6 Å². The zero-order chi connectivity index (χ0) is 11.8. The lowest BCUT2D eigenvalue weighted by molar-refractivity contribution is 0.628. The summed E-state index contributed by atoms with van der Waals surface area (Å²) < 4.78 is 12.8. The Kier molecular flexibility index (Phi) is 5.96. The van der Waals surface area contributed by atoms with Crippen molar-refractivity contribution in [1.82, 2.24) is 0 Å². The van der Waals surface area contributed by atoms with Crippen molar-refractivity contribution in [3.05, 3.63) is 34.6 Å². The number of unbranched alkanes of at least 4 members (excludes halogenated alkanes) is 4. The molecule has 0 atom stereocenters. The van der Waals surface area contributed by atoms with Crippen LogP contribution in [0.4, 0.5) is 4.39 Å². The molecule has 0 N–H and O–H groups in total. The number of hydrogen-bond donors (Lipinski definition) is 0. The maximum absolute atomic E-state index is 12.8. The minimum Gasteiger partial charge on any atom is -0.205 e. The van der Waals surface area contributed by atoms with Gasteiger partial charge in [-0.1, -0.05) is 49.6 Å². The third-order valence-electron chi connectivity index (χ3n) is 2.31. The van der Waals surface area contributed by atoms with Crippen LogP contribution in [0.1, 0.15) is 44.6 Å². The maximum Gasteiger partial charge on any atom is 0.141 e. The highest BCUT2D eigenvalue weighted by atomic mass is 35.5. The fourth-order valence-electron chi connectivity index (χ4n) is 1.38. The smallest absolute Gasteiger partial charge is 0.141 e. The average Bonchev–Trinajstić information content (AvgIpc) is 2.28. The average molecular weight is 239 g/mol. The van der Waals surface area contributed by atoms with Gasteiger partial charge in [-0.05, 0) is 24.6 Å². The van der Waals surface area contributed by atoms with Gasteiger partial charge in [-0.25, -0.2) is 4.39 Å². The monoisotopic (exact) mass is 238 g/mol. The van der Waals surface area contributed by atoms with E-state index in [0.29, 0.717) is 0 Å². The molecule has 86 valence electrons. The number of hydrogen-bond acceptors (Lipinski definition) is 0. The molecule has 0 amide bonds. The predicted octanol–water partition coefficient (Wildman–Crippen LogP) is 4.80. The molecule has 0 saturated heterocycles. The Morgan fingerprint density at radius 2 is 2.06 bits per heavy atom. The van der Waals surface area contributed by atoms with E-state index in [1.165, 1.54) is 25.3 Å². The number of halogens is 2. The first-order chi connectivity index (χ1) is 7.74. The van der Waals surface area contributed by atoms with E-state index in [1.807, 2.05) is 0 Å². The van der Waals surface area contributed by atoms with Crippen molar-refractivity contribution < 1.29 is 4.39 Å². The number of rotatable bonds is 4. The second-order valence-electron chi connectivity index (χ2n) is 3.74. The van der Waals surface area contributed by atoms with Gasteiger partial charge in [0.1, 0.15) is 5.82 Å². The molecule has 0 spiro atoms. The summed E-state index contributed by atoms with van der Waals surface area (Å²) >= 11 is 5.65. The molecule has 0 aromatic heterocycles. The van der Waals surface area contributed by atoms with Gasteiger partial charge >= 0.3 is 0 Å². The van der Waals surface area contributed by atoms with Crippen LogP contribution in [0.3, 0.4) is 0 Å². The first-order valence-corrected chi connectivity index (χ1v) is 6.05. The van der Waals surface area contributed by atoms with Crippen LogP contribution in [0.15, 0.2) is 18.2 Å². The summed E-state index contributed by atoms with van der Waals surface area (Å²) in [6.45, 7) is 2.19. The quantitative estimate of drug-likeness (QED) is 0.522. The van der Waals surface area contributed by atoms with Gasteiger partial charge in [0, 0.05) is 12.0 Å². The highest BCUT2D eigenvalue weighted by Gasteiger charge is 1.97. The second kappa shape index (κ2) is 7.30. The van der Waals surface area contributed by atoms with E-state index in [0.717, 1.165) is 18.4 Å². The lowest BCUT2D eigenvalue weighted by Gasteiger charge is -1.94. The first kappa shape index (κ1) is 13.1. The zero-order valence-corrected chi connectivity index (χ0v) is 10.3. The van der Waals surface area contributed by atoms with Gasteiger partial charge in [0.15, 0.2) is 0 Å². The van der Waals surface area contributed by atoms with Crippen molar-refractivity contribution in [3.8, 4) is 11.8 Å². The Hall–Kier alpha value is -1.00. The molecule has 0 fully saturated rings. The summed E-state index contributed by atoms with van der Waals surface area (Å²) in [5.74, 6) is 5.67. The summed E-state index contributed by atoms with van der Waals surface area (Å²) in [6.07, 6.45) is 5.77. The molecule has 0 heterocycles. The minimum absolute atomic E-state index is 0.137.